The molecule has 162 valence electrons. The Morgan fingerprint density at radius 3 is 2.33 bits per heavy atom. The third-order valence-electron chi connectivity index (χ3n) is 5.41. The standard InChI is InChI=1S/C23H31N3O3S/c1-18(2)14-26(30(28,29)17-20-6-4-3-5-7-20)15-19-8-10-22(11-9-19)25-13-12-21(16-25)23(24)27/h3-11,18,21H,12-17H2,1-2H3,(H2,24,27)/t21-/m0/s1. The van der Waals surface area contributed by atoms with Crippen LogP contribution in [0.2, 0.25) is 0 Å². The van der Waals surface area contributed by atoms with Gasteiger partial charge in [-0.2, -0.15) is 4.31 Å². The van der Waals surface area contributed by atoms with Gasteiger partial charge in [0.2, 0.25) is 15.9 Å². The Kier molecular flexibility index (Phi) is 7.15. The Balaban J connectivity index is 1.71. The van der Waals surface area contributed by atoms with E-state index in [0.29, 0.717) is 19.6 Å². The lowest BCUT2D eigenvalue weighted by molar-refractivity contribution is -0.121. The molecule has 1 aliphatic heterocycles. The predicted molar refractivity (Wildman–Crippen MR) is 120 cm³/mol. The normalized spacial score (nSPS) is 17.1. The number of primary amides is 1. The SMILES string of the molecule is CC(C)CN(Cc1ccc(N2CC[C@H](C(N)=O)C2)cc1)S(=O)(=O)Cc1ccccc1. The summed E-state index contributed by atoms with van der Waals surface area (Å²) in [6.07, 6.45) is 0.775. The van der Waals surface area contributed by atoms with Gasteiger partial charge in [-0.1, -0.05) is 56.3 Å². The van der Waals surface area contributed by atoms with Crippen LogP contribution in [0.15, 0.2) is 54.6 Å². The Labute approximate surface area is 179 Å². The van der Waals surface area contributed by atoms with Crippen molar-refractivity contribution in [3.8, 4) is 0 Å². The van der Waals surface area contributed by atoms with Gasteiger partial charge in [-0.25, -0.2) is 8.42 Å². The zero-order valence-corrected chi connectivity index (χ0v) is 18.5. The first kappa shape index (κ1) is 22.3. The van der Waals surface area contributed by atoms with Crippen molar-refractivity contribution >= 4 is 21.6 Å². The molecule has 1 amide bonds. The zero-order valence-electron chi connectivity index (χ0n) is 17.7. The Morgan fingerprint density at radius 1 is 1.10 bits per heavy atom. The monoisotopic (exact) mass is 429 g/mol. The first-order valence-electron chi connectivity index (χ1n) is 10.4. The summed E-state index contributed by atoms with van der Waals surface area (Å²) in [5, 5.41) is 0. The molecule has 0 bridgehead atoms. The molecule has 0 spiro atoms. The molecule has 0 aliphatic carbocycles. The van der Waals surface area contributed by atoms with Gasteiger partial charge in [-0.15, -0.1) is 0 Å². The number of anilines is 1. The summed E-state index contributed by atoms with van der Waals surface area (Å²) in [4.78, 5) is 13.6. The van der Waals surface area contributed by atoms with Gasteiger partial charge >= 0.3 is 0 Å². The number of rotatable bonds is 9. The molecule has 2 aromatic carbocycles. The average molecular weight is 430 g/mol. The van der Waals surface area contributed by atoms with Crippen molar-refractivity contribution in [1.82, 2.24) is 4.31 Å². The summed E-state index contributed by atoms with van der Waals surface area (Å²) < 4.78 is 27.8. The van der Waals surface area contributed by atoms with Crippen molar-refractivity contribution in [2.45, 2.75) is 32.6 Å². The van der Waals surface area contributed by atoms with Crippen molar-refractivity contribution in [3.05, 3.63) is 65.7 Å². The number of benzene rings is 2. The van der Waals surface area contributed by atoms with Gasteiger partial charge in [0, 0.05) is 31.9 Å². The molecule has 1 heterocycles. The van der Waals surface area contributed by atoms with Gasteiger partial charge in [0.05, 0.1) is 11.7 Å². The van der Waals surface area contributed by atoms with Crippen molar-refractivity contribution in [2.24, 2.45) is 17.6 Å². The topological polar surface area (TPSA) is 83.7 Å². The molecule has 3 rings (SSSR count). The Bertz CT molecular complexity index is 943. The van der Waals surface area contributed by atoms with Crippen molar-refractivity contribution in [1.29, 1.82) is 0 Å². The fourth-order valence-electron chi connectivity index (χ4n) is 3.80. The number of amides is 1. The molecule has 1 saturated heterocycles. The van der Waals surface area contributed by atoms with E-state index < -0.39 is 10.0 Å². The van der Waals surface area contributed by atoms with Crippen LogP contribution >= 0.6 is 0 Å². The van der Waals surface area contributed by atoms with E-state index in [-0.39, 0.29) is 23.5 Å². The molecule has 7 heteroatoms. The highest BCUT2D eigenvalue weighted by Gasteiger charge is 2.27. The average Bonchev–Trinajstić information content (AvgIpc) is 3.19. The van der Waals surface area contributed by atoms with Crippen molar-refractivity contribution < 1.29 is 13.2 Å². The molecular weight excluding hydrogens is 398 g/mol. The van der Waals surface area contributed by atoms with E-state index in [9.17, 15) is 13.2 Å². The largest absolute Gasteiger partial charge is 0.371 e. The predicted octanol–water partition coefficient (Wildman–Crippen LogP) is 2.99. The number of hydrogen-bond donors (Lipinski definition) is 1. The van der Waals surface area contributed by atoms with E-state index in [0.717, 1.165) is 29.8 Å². The number of sulfonamides is 1. The molecular formula is C23H31N3O3S. The highest BCUT2D eigenvalue weighted by atomic mass is 32.2. The molecule has 30 heavy (non-hydrogen) atoms. The van der Waals surface area contributed by atoms with Crippen LogP contribution in [0, 0.1) is 11.8 Å². The minimum absolute atomic E-state index is 0.000920. The number of nitrogens with zero attached hydrogens (tertiary/aromatic N) is 2. The highest BCUT2D eigenvalue weighted by Crippen LogP contribution is 2.25. The van der Waals surface area contributed by atoms with E-state index in [2.05, 4.69) is 4.90 Å². The third-order valence-corrected chi connectivity index (χ3v) is 7.17. The van der Waals surface area contributed by atoms with Crippen LogP contribution in [0.1, 0.15) is 31.4 Å². The molecule has 1 atom stereocenters. The molecule has 0 unspecified atom stereocenters. The van der Waals surface area contributed by atoms with Crippen LogP contribution in [-0.4, -0.2) is 38.3 Å². The van der Waals surface area contributed by atoms with Gasteiger partial charge < -0.3 is 10.6 Å². The van der Waals surface area contributed by atoms with Crippen molar-refractivity contribution in [2.75, 3.05) is 24.5 Å². The molecule has 0 radical (unpaired) electrons. The number of hydrogen-bond acceptors (Lipinski definition) is 4. The van der Waals surface area contributed by atoms with E-state index >= 15 is 0 Å². The van der Waals surface area contributed by atoms with E-state index in [1.54, 1.807) is 4.31 Å². The lowest BCUT2D eigenvalue weighted by atomic mass is 10.1. The molecule has 0 saturated carbocycles. The van der Waals surface area contributed by atoms with E-state index in [4.69, 9.17) is 5.73 Å². The Morgan fingerprint density at radius 2 is 1.77 bits per heavy atom. The van der Waals surface area contributed by atoms with Gasteiger partial charge in [0.1, 0.15) is 0 Å². The van der Waals surface area contributed by atoms with Crippen molar-refractivity contribution in [3.63, 3.8) is 0 Å². The number of nitrogens with two attached hydrogens (primary N) is 1. The van der Waals surface area contributed by atoms with E-state index in [1.807, 2.05) is 68.4 Å². The fraction of sp³-hybridized carbons (Fsp3) is 0.435. The van der Waals surface area contributed by atoms with Crippen LogP contribution in [0.5, 0.6) is 0 Å². The summed E-state index contributed by atoms with van der Waals surface area (Å²) in [5.41, 5.74) is 8.19. The maximum absolute atomic E-state index is 13.1. The maximum Gasteiger partial charge on any atom is 0.222 e. The molecule has 0 aromatic heterocycles. The first-order valence-corrected chi connectivity index (χ1v) is 12.0. The fourth-order valence-corrected chi connectivity index (χ4v) is 5.47. The smallest absolute Gasteiger partial charge is 0.222 e. The Hall–Kier alpha value is -2.38. The zero-order chi connectivity index (χ0) is 21.7. The second kappa shape index (κ2) is 9.62. The maximum atomic E-state index is 13.1. The van der Waals surface area contributed by atoms with Crippen LogP contribution < -0.4 is 10.6 Å². The lowest BCUT2D eigenvalue weighted by Crippen LogP contribution is -2.34. The summed E-state index contributed by atoms with van der Waals surface area (Å²) in [6.45, 7) is 6.31. The van der Waals surface area contributed by atoms with E-state index in [1.165, 1.54) is 0 Å². The molecule has 2 aromatic rings. The van der Waals surface area contributed by atoms with Crippen LogP contribution in [0.4, 0.5) is 5.69 Å². The van der Waals surface area contributed by atoms with Crippen LogP contribution in [0.25, 0.3) is 0 Å². The summed E-state index contributed by atoms with van der Waals surface area (Å²) in [7, 11) is -3.44. The summed E-state index contributed by atoms with van der Waals surface area (Å²) in [5.74, 6) is -0.123. The second-order valence-electron chi connectivity index (χ2n) is 8.43. The molecule has 2 N–H and O–H groups in total. The minimum Gasteiger partial charge on any atom is -0.371 e. The molecule has 1 fully saturated rings. The third kappa shape index (κ3) is 5.83. The number of carbonyl (C=O) groups excluding carboxylic acids is 1. The summed E-state index contributed by atoms with van der Waals surface area (Å²) in [6, 6.07) is 17.2. The van der Waals surface area contributed by atoms with Gasteiger partial charge in [0.15, 0.2) is 0 Å². The van der Waals surface area contributed by atoms with Crippen LogP contribution in [-0.2, 0) is 27.1 Å². The van der Waals surface area contributed by atoms with Gasteiger partial charge in [0.25, 0.3) is 0 Å². The number of carbonyl (C=O) groups is 1. The first-order chi connectivity index (χ1) is 14.2. The molecule has 6 nitrogen and oxygen atoms in total. The second-order valence-corrected chi connectivity index (χ2v) is 10.4. The summed E-state index contributed by atoms with van der Waals surface area (Å²) >= 11 is 0. The van der Waals surface area contributed by atoms with Crippen LogP contribution in [0.3, 0.4) is 0 Å². The minimum atomic E-state index is -3.44. The molecule has 1 aliphatic rings. The quantitative estimate of drug-likeness (QED) is 0.664. The van der Waals surface area contributed by atoms with Gasteiger partial charge in [-0.05, 0) is 35.6 Å². The van der Waals surface area contributed by atoms with Gasteiger partial charge in [-0.3, -0.25) is 4.79 Å². The lowest BCUT2D eigenvalue weighted by Gasteiger charge is -2.25. The highest BCUT2D eigenvalue weighted by molar-refractivity contribution is 7.88.